The van der Waals surface area contributed by atoms with E-state index in [9.17, 15) is 0 Å². The molecule has 0 atom stereocenters. The van der Waals surface area contributed by atoms with Crippen molar-refractivity contribution < 1.29 is 0 Å². The van der Waals surface area contributed by atoms with Crippen molar-refractivity contribution in [2.45, 2.75) is 13.8 Å². The van der Waals surface area contributed by atoms with Gasteiger partial charge in [0.1, 0.15) is 22.4 Å². The molecule has 3 N–H and O–H groups in total. The average molecular weight is 293 g/mol. The summed E-state index contributed by atoms with van der Waals surface area (Å²) in [5.74, 6) is 1.09. The number of nitrogens with two attached hydrogens (primary N) is 1. The molecule has 1 aromatic carbocycles. The Morgan fingerprint density at radius 3 is 2.65 bits per heavy atom. The topological polar surface area (TPSA) is 63.8 Å². The van der Waals surface area contributed by atoms with Crippen molar-refractivity contribution in [1.82, 2.24) is 9.97 Å². The first kappa shape index (κ1) is 11.9. The first-order valence-electron chi connectivity index (χ1n) is 5.18. The number of anilines is 3. The Labute approximate surface area is 108 Å². The van der Waals surface area contributed by atoms with Crippen LogP contribution >= 0.6 is 15.9 Å². The third kappa shape index (κ3) is 2.55. The van der Waals surface area contributed by atoms with Crippen molar-refractivity contribution >= 4 is 33.3 Å². The molecule has 0 aliphatic carbocycles. The molecule has 1 aromatic heterocycles. The molecule has 17 heavy (non-hydrogen) atoms. The minimum atomic E-state index is 0.423. The van der Waals surface area contributed by atoms with E-state index >= 15 is 0 Å². The number of hydrogen-bond acceptors (Lipinski definition) is 4. The van der Waals surface area contributed by atoms with Gasteiger partial charge >= 0.3 is 0 Å². The van der Waals surface area contributed by atoms with Crippen LogP contribution in [-0.2, 0) is 0 Å². The minimum Gasteiger partial charge on any atom is -0.383 e. The second-order valence-corrected chi connectivity index (χ2v) is 4.64. The number of nitrogens with one attached hydrogen (secondary N) is 1. The zero-order chi connectivity index (χ0) is 12.4. The van der Waals surface area contributed by atoms with Crippen LogP contribution in [0.25, 0.3) is 0 Å². The van der Waals surface area contributed by atoms with Gasteiger partial charge in [-0.3, -0.25) is 0 Å². The fourth-order valence-electron chi connectivity index (χ4n) is 1.43. The number of benzene rings is 1. The lowest BCUT2D eigenvalue weighted by Gasteiger charge is -2.09. The van der Waals surface area contributed by atoms with E-state index in [0.717, 1.165) is 5.69 Å². The fraction of sp³-hybridized carbons (Fsp3) is 0.167. The number of halogens is 1. The molecular formula is C12H13BrN4. The summed E-state index contributed by atoms with van der Waals surface area (Å²) in [6.07, 6.45) is 1.43. The van der Waals surface area contributed by atoms with Gasteiger partial charge in [-0.1, -0.05) is 6.07 Å². The quantitative estimate of drug-likeness (QED) is 0.892. The molecule has 0 unspecified atom stereocenters. The highest BCUT2D eigenvalue weighted by molar-refractivity contribution is 9.10. The van der Waals surface area contributed by atoms with Gasteiger partial charge in [0.05, 0.1) is 0 Å². The van der Waals surface area contributed by atoms with E-state index in [1.165, 1.54) is 17.5 Å². The van der Waals surface area contributed by atoms with E-state index in [4.69, 9.17) is 5.73 Å². The van der Waals surface area contributed by atoms with Crippen molar-refractivity contribution in [2.24, 2.45) is 0 Å². The fourth-order valence-corrected chi connectivity index (χ4v) is 1.73. The highest BCUT2D eigenvalue weighted by atomic mass is 79.9. The first-order valence-corrected chi connectivity index (χ1v) is 5.97. The monoisotopic (exact) mass is 292 g/mol. The van der Waals surface area contributed by atoms with Crippen molar-refractivity contribution in [3.63, 3.8) is 0 Å². The van der Waals surface area contributed by atoms with Crippen LogP contribution in [0.5, 0.6) is 0 Å². The zero-order valence-electron chi connectivity index (χ0n) is 9.66. The van der Waals surface area contributed by atoms with E-state index in [-0.39, 0.29) is 0 Å². The number of aromatic nitrogens is 2. The zero-order valence-corrected chi connectivity index (χ0v) is 11.2. The van der Waals surface area contributed by atoms with E-state index in [0.29, 0.717) is 16.1 Å². The lowest BCUT2D eigenvalue weighted by atomic mass is 10.1. The smallest absolute Gasteiger partial charge is 0.150 e. The Morgan fingerprint density at radius 2 is 1.94 bits per heavy atom. The normalized spacial score (nSPS) is 10.3. The summed E-state index contributed by atoms with van der Waals surface area (Å²) in [4.78, 5) is 8.03. The molecule has 0 saturated carbocycles. The largest absolute Gasteiger partial charge is 0.383 e. The summed E-state index contributed by atoms with van der Waals surface area (Å²) in [5.41, 5.74) is 9.16. The minimum absolute atomic E-state index is 0.423. The Hall–Kier alpha value is -1.62. The van der Waals surface area contributed by atoms with Crippen LogP contribution in [0, 0.1) is 13.8 Å². The Bertz CT molecular complexity index is 554. The van der Waals surface area contributed by atoms with Crippen molar-refractivity contribution in [1.29, 1.82) is 0 Å². The predicted molar refractivity (Wildman–Crippen MR) is 73.3 cm³/mol. The SMILES string of the molecule is Cc1ccc(Nc2ncnc(N)c2Br)cc1C. The molecule has 0 aliphatic rings. The number of aryl methyl sites for hydroxylation is 2. The van der Waals surface area contributed by atoms with Crippen LogP contribution < -0.4 is 11.1 Å². The van der Waals surface area contributed by atoms with Gasteiger partial charge < -0.3 is 11.1 Å². The molecule has 1 heterocycles. The van der Waals surface area contributed by atoms with Crippen molar-refractivity contribution in [3.05, 3.63) is 40.1 Å². The molecule has 5 heteroatoms. The van der Waals surface area contributed by atoms with Crippen molar-refractivity contribution in [2.75, 3.05) is 11.1 Å². The third-order valence-electron chi connectivity index (χ3n) is 2.59. The highest BCUT2D eigenvalue weighted by Crippen LogP contribution is 2.27. The Kier molecular flexibility index (Phi) is 3.28. The molecule has 2 aromatic rings. The van der Waals surface area contributed by atoms with Gasteiger partial charge in [0.15, 0.2) is 0 Å². The summed E-state index contributed by atoms with van der Waals surface area (Å²) in [7, 11) is 0. The van der Waals surface area contributed by atoms with E-state index in [2.05, 4.69) is 57.2 Å². The molecule has 0 saturated heterocycles. The second-order valence-electron chi connectivity index (χ2n) is 3.85. The molecule has 2 rings (SSSR count). The van der Waals surface area contributed by atoms with Crippen LogP contribution in [0.4, 0.5) is 17.3 Å². The summed E-state index contributed by atoms with van der Waals surface area (Å²) >= 11 is 3.36. The molecule has 88 valence electrons. The van der Waals surface area contributed by atoms with Gasteiger partial charge in [-0.2, -0.15) is 0 Å². The summed E-state index contributed by atoms with van der Waals surface area (Å²) in [5, 5.41) is 3.20. The second kappa shape index (κ2) is 4.71. The lowest BCUT2D eigenvalue weighted by Crippen LogP contribution is -2.00. The van der Waals surface area contributed by atoms with Crippen molar-refractivity contribution in [3.8, 4) is 0 Å². The molecule has 0 amide bonds. The van der Waals surface area contributed by atoms with E-state index < -0.39 is 0 Å². The molecular weight excluding hydrogens is 280 g/mol. The Morgan fingerprint density at radius 1 is 1.18 bits per heavy atom. The van der Waals surface area contributed by atoms with Gasteiger partial charge in [-0.05, 0) is 53.0 Å². The average Bonchev–Trinajstić information content (AvgIpc) is 2.30. The summed E-state index contributed by atoms with van der Waals surface area (Å²) < 4.78 is 0.679. The van der Waals surface area contributed by atoms with Crippen LogP contribution in [0.1, 0.15) is 11.1 Å². The number of nitrogen functional groups attached to an aromatic ring is 1. The van der Waals surface area contributed by atoms with Gasteiger partial charge in [0, 0.05) is 5.69 Å². The maximum atomic E-state index is 5.69. The maximum absolute atomic E-state index is 5.69. The molecule has 0 spiro atoms. The van der Waals surface area contributed by atoms with Crippen LogP contribution in [-0.4, -0.2) is 9.97 Å². The van der Waals surface area contributed by atoms with Crippen LogP contribution in [0.2, 0.25) is 0 Å². The predicted octanol–water partition coefficient (Wildman–Crippen LogP) is 3.18. The summed E-state index contributed by atoms with van der Waals surface area (Å²) in [6, 6.07) is 6.14. The van der Waals surface area contributed by atoms with Gasteiger partial charge in [-0.25, -0.2) is 9.97 Å². The summed E-state index contributed by atoms with van der Waals surface area (Å²) in [6.45, 7) is 4.15. The number of rotatable bonds is 2. The molecule has 0 fully saturated rings. The Balaban J connectivity index is 2.31. The molecule has 0 aliphatic heterocycles. The molecule has 0 radical (unpaired) electrons. The first-order chi connectivity index (χ1) is 8.08. The highest BCUT2D eigenvalue weighted by Gasteiger charge is 2.06. The van der Waals surface area contributed by atoms with Gasteiger partial charge in [0.2, 0.25) is 0 Å². The van der Waals surface area contributed by atoms with Crippen LogP contribution in [0.3, 0.4) is 0 Å². The lowest BCUT2D eigenvalue weighted by molar-refractivity contribution is 1.16. The van der Waals surface area contributed by atoms with Gasteiger partial charge in [-0.15, -0.1) is 0 Å². The van der Waals surface area contributed by atoms with Crippen LogP contribution in [0.15, 0.2) is 29.0 Å². The molecule has 4 nitrogen and oxygen atoms in total. The third-order valence-corrected chi connectivity index (χ3v) is 3.37. The number of hydrogen-bond donors (Lipinski definition) is 2. The number of nitrogens with zero attached hydrogens (tertiary/aromatic N) is 2. The van der Waals surface area contributed by atoms with E-state index in [1.54, 1.807) is 0 Å². The maximum Gasteiger partial charge on any atom is 0.150 e. The standard InChI is InChI=1S/C12H13BrN4/c1-7-3-4-9(5-8(7)2)17-12-10(13)11(14)15-6-16-12/h3-6H,1-2H3,(H3,14,15,16,17). The van der Waals surface area contributed by atoms with Gasteiger partial charge in [0.25, 0.3) is 0 Å². The molecule has 0 bridgehead atoms. The van der Waals surface area contributed by atoms with E-state index in [1.807, 2.05) is 6.07 Å².